The van der Waals surface area contributed by atoms with E-state index in [9.17, 15) is 10.1 Å². The minimum atomic E-state index is -0.388. The Balaban J connectivity index is 2.85. The summed E-state index contributed by atoms with van der Waals surface area (Å²) in [6, 6.07) is 5.14. The van der Waals surface area contributed by atoms with Crippen molar-refractivity contribution in [1.29, 1.82) is 0 Å². The first kappa shape index (κ1) is 12.5. The molecule has 0 spiro atoms. The minimum absolute atomic E-state index is 0.0652. The molecule has 4 heteroatoms. The van der Waals surface area contributed by atoms with Gasteiger partial charge in [-0.2, -0.15) is 0 Å². The van der Waals surface area contributed by atoms with Crippen LogP contribution in [0.3, 0.4) is 0 Å². The number of hydrogen-bond acceptors (Lipinski definition) is 3. The molecule has 88 valence electrons. The third kappa shape index (κ3) is 3.22. The van der Waals surface area contributed by atoms with Gasteiger partial charge >= 0.3 is 5.69 Å². The van der Waals surface area contributed by atoms with Crippen molar-refractivity contribution in [3.05, 3.63) is 33.9 Å². The monoisotopic (exact) mass is 223 g/mol. The van der Waals surface area contributed by atoms with Crippen LogP contribution in [0.15, 0.2) is 18.2 Å². The van der Waals surface area contributed by atoms with Gasteiger partial charge in [-0.15, -0.1) is 0 Å². The third-order valence-corrected chi connectivity index (χ3v) is 2.38. The Hall–Kier alpha value is -1.58. The summed E-state index contributed by atoms with van der Waals surface area (Å²) in [6.45, 7) is 4.55. The maximum absolute atomic E-state index is 10.8. The fourth-order valence-electron chi connectivity index (χ4n) is 1.37. The molecular formula is C12H17NO3. The third-order valence-electron chi connectivity index (χ3n) is 2.38. The summed E-state index contributed by atoms with van der Waals surface area (Å²) in [5.41, 5.74) is 1.02. The van der Waals surface area contributed by atoms with Crippen molar-refractivity contribution in [3.8, 4) is 5.75 Å². The van der Waals surface area contributed by atoms with Crippen LogP contribution in [0.5, 0.6) is 5.75 Å². The fourth-order valence-corrected chi connectivity index (χ4v) is 1.37. The van der Waals surface area contributed by atoms with Crippen molar-refractivity contribution in [2.24, 2.45) is 0 Å². The first-order chi connectivity index (χ1) is 7.69. The van der Waals surface area contributed by atoms with Gasteiger partial charge in [-0.1, -0.05) is 26.3 Å². The molecule has 0 amide bonds. The van der Waals surface area contributed by atoms with E-state index in [0.29, 0.717) is 12.4 Å². The molecule has 0 N–H and O–H groups in total. The number of rotatable bonds is 6. The summed E-state index contributed by atoms with van der Waals surface area (Å²) in [5.74, 6) is 0.371. The summed E-state index contributed by atoms with van der Waals surface area (Å²) in [6.07, 6.45) is 2.71. The van der Waals surface area contributed by atoms with Crippen LogP contribution in [-0.2, 0) is 6.42 Å². The second-order valence-corrected chi connectivity index (χ2v) is 3.61. The van der Waals surface area contributed by atoms with Crippen molar-refractivity contribution in [2.45, 2.75) is 33.1 Å². The van der Waals surface area contributed by atoms with Crippen LogP contribution in [-0.4, -0.2) is 11.5 Å². The van der Waals surface area contributed by atoms with Gasteiger partial charge in [0.25, 0.3) is 0 Å². The van der Waals surface area contributed by atoms with Gasteiger partial charge in [0.1, 0.15) is 0 Å². The number of nitrogens with zero attached hydrogens (tertiary/aromatic N) is 1. The number of hydrogen-bond donors (Lipinski definition) is 0. The smallest absolute Gasteiger partial charge is 0.311 e. The standard InChI is InChI=1S/C12H17NO3/c1-3-5-8-16-12-7-6-10(4-2)9-11(12)13(14)15/h6-7,9H,3-5,8H2,1-2H3. The number of unbranched alkanes of at least 4 members (excludes halogenated alkanes) is 1. The van der Waals surface area contributed by atoms with Crippen molar-refractivity contribution in [2.75, 3.05) is 6.61 Å². The van der Waals surface area contributed by atoms with E-state index in [1.807, 2.05) is 13.0 Å². The second kappa shape index (κ2) is 6.10. The molecule has 0 aliphatic heterocycles. The Kier molecular flexibility index (Phi) is 4.76. The highest BCUT2D eigenvalue weighted by Crippen LogP contribution is 2.28. The van der Waals surface area contributed by atoms with E-state index in [0.717, 1.165) is 24.8 Å². The summed E-state index contributed by atoms with van der Waals surface area (Å²) in [5, 5.41) is 10.8. The van der Waals surface area contributed by atoms with E-state index >= 15 is 0 Å². The Labute approximate surface area is 95.4 Å². The number of nitro groups is 1. The predicted octanol–water partition coefficient (Wildman–Crippen LogP) is 3.34. The lowest BCUT2D eigenvalue weighted by Gasteiger charge is -2.06. The molecule has 1 aromatic carbocycles. The maximum Gasteiger partial charge on any atom is 0.311 e. The lowest BCUT2D eigenvalue weighted by molar-refractivity contribution is -0.385. The van der Waals surface area contributed by atoms with Crippen LogP contribution in [0.1, 0.15) is 32.3 Å². The van der Waals surface area contributed by atoms with Gasteiger partial charge in [-0.3, -0.25) is 10.1 Å². The zero-order valence-electron chi connectivity index (χ0n) is 9.73. The number of ether oxygens (including phenoxy) is 1. The van der Waals surface area contributed by atoms with Crippen LogP contribution >= 0.6 is 0 Å². The highest BCUT2D eigenvalue weighted by molar-refractivity contribution is 5.48. The quantitative estimate of drug-likeness (QED) is 0.422. The van der Waals surface area contributed by atoms with Gasteiger partial charge in [-0.25, -0.2) is 0 Å². The van der Waals surface area contributed by atoms with E-state index in [1.54, 1.807) is 12.1 Å². The molecule has 0 saturated heterocycles. The molecule has 0 aromatic heterocycles. The van der Waals surface area contributed by atoms with Crippen LogP contribution in [0.2, 0.25) is 0 Å². The molecule has 1 rings (SSSR count). The van der Waals surface area contributed by atoms with Crippen molar-refractivity contribution >= 4 is 5.69 Å². The zero-order valence-corrected chi connectivity index (χ0v) is 9.73. The van der Waals surface area contributed by atoms with Gasteiger partial charge in [0.05, 0.1) is 11.5 Å². The number of aryl methyl sites for hydroxylation is 1. The molecule has 16 heavy (non-hydrogen) atoms. The number of nitro benzene ring substituents is 1. The van der Waals surface area contributed by atoms with Crippen LogP contribution in [0.4, 0.5) is 5.69 Å². The Morgan fingerprint density at radius 2 is 2.12 bits per heavy atom. The van der Waals surface area contributed by atoms with E-state index < -0.39 is 0 Å². The average molecular weight is 223 g/mol. The van der Waals surface area contributed by atoms with E-state index in [4.69, 9.17) is 4.74 Å². The van der Waals surface area contributed by atoms with Gasteiger partial charge in [-0.05, 0) is 24.5 Å². The summed E-state index contributed by atoms with van der Waals surface area (Å²) < 4.78 is 5.40. The van der Waals surface area contributed by atoms with Crippen LogP contribution in [0, 0.1) is 10.1 Å². The molecule has 1 aromatic rings. The molecule has 4 nitrogen and oxygen atoms in total. The van der Waals surface area contributed by atoms with E-state index in [2.05, 4.69) is 6.92 Å². The van der Waals surface area contributed by atoms with E-state index in [1.165, 1.54) is 0 Å². The average Bonchev–Trinajstić information content (AvgIpc) is 2.29. The zero-order chi connectivity index (χ0) is 12.0. The van der Waals surface area contributed by atoms with Crippen molar-refractivity contribution in [1.82, 2.24) is 0 Å². The fraction of sp³-hybridized carbons (Fsp3) is 0.500. The molecule has 0 atom stereocenters. The minimum Gasteiger partial charge on any atom is -0.487 e. The second-order valence-electron chi connectivity index (χ2n) is 3.61. The van der Waals surface area contributed by atoms with Gasteiger partial charge in [0.2, 0.25) is 0 Å². The van der Waals surface area contributed by atoms with Crippen LogP contribution in [0.25, 0.3) is 0 Å². The predicted molar refractivity (Wildman–Crippen MR) is 62.9 cm³/mol. The molecule has 0 aliphatic carbocycles. The largest absolute Gasteiger partial charge is 0.487 e. The Morgan fingerprint density at radius 1 is 1.38 bits per heavy atom. The SMILES string of the molecule is CCCCOc1ccc(CC)cc1[N+](=O)[O-]. The molecule has 0 bridgehead atoms. The highest BCUT2D eigenvalue weighted by Gasteiger charge is 2.15. The summed E-state index contributed by atoms with van der Waals surface area (Å²) in [4.78, 5) is 10.5. The normalized spacial score (nSPS) is 10.1. The lowest BCUT2D eigenvalue weighted by atomic mass is 10.1. The molecule has 0 unspecified atom stereocenters. The van der Waals surface area contributed by atoms with Crippen molar-refractivity contribution in [3.63, 3.8) is 0 Å². The lowest BCUT2D eigenvalue weighted by Crippen LogP contribution is -2.00. The van der Waals surface area contributed by atoms with Crippen LogP contribution < -0.4 is 4.74 Å². The highest BCUT2D eigenvalue weighted by atomic mass is 16.6. The molecular weight excluding hydrogens is 206 g/mol. The first-order valence-corrected chi connectivity index (χ1v) is 5.59. The molecule has 0 aliphatic rings. The molecule has 0 radical (unpaired) electrons. The first-order valence-electron chi connectivity index (χ1n) is 5.59. The Morgan fingerprint density at radius 3 is 2.69 bits per heavy atom. The van der Waals surface area contributed by atoms with Gasteiger partial charge < -0.3 is 4.74 Å². The van der Waals surface area contributed by atoms with Gasteiger partial charge in [0.15, 0.2) is 5.75 Å². The van der Waals surface area contributed by atoms with Gasteiger partial charge in [0, 0.05) is 6.07 Å². The molecule has 0 saturated carbocycles. The van der Waals surface area contributed by atoms with Crippen molar-refractivity contribution < 1.29 is 9.66 Å². The van der Waals surface area contributed by atoms with E-state index in [-0.39, 0.29) is 10.6 Å². The molecule has 0 fully saturated rings. The summed E-state index contributed by atoms with van der Waals surface area (Å²) in [7, 11) is 0. The maximum atomic E-state index is 10.8. The Bertz CT molecular complexity index is 363. The topological polar surface area (TPSA) is 52.4 Å². The summed E-state index contributed by atoms with van der Waals surface area (Å²) >= 11 is 0. The molecule has 0 heterocycles. The number of benzene rings is 1.